The van der Waals surface area contributed by atoms with Gasteiger partial charge in [0, 0.05) is 56.3 Å². The quantitative estimate of drug-likeness (QED) is 0.0546. The Hall–Kier alpha value is -11.1. The van der Waals surface area contributed by atoms with Gasteiger partial charge in [0.25, 0.3) is 0 Å². The first-order chi connectivity index (χ1) is 67.3. The number of methoxy groups -OCH3 is 4. The largest absolute Gasteiger partial charge is 0.496 e. The average Bonchev–Trinajstić information content (AvgIpc) is 1.44. The van der Waals surface area contributed by atoms with E-state index in [1.54, 1.807) is 28.4 Å². The van der Waals surface area contributed by atoms with E-state index in [1.165, 1.54) is 70.6 Å². The van der Waals surface area contributed by atoms with Crippen molar-refractivity contribution < 1.29 is 90.2 Å². The molecule has 746 valence electrons. The van der Waals surface area contributed by atoms with Crippen LogP contribution in [0.4, 0.5) is 0 Å². The van der Waals surface area contributed by atoms with E-state index in [1.807, 2.05) is 219 Å². The standard InChI is InChI=1S/2C32H34O5.C31H32O5.C24H24O4.4CH4/c1-30(29(33)36-31-17-21-14-22(18-31)16-23(15-21)19-31)20-35-32(37-30,25-9-4-3-5-10-25)27-13-12-24-8-6-7-11-26(24)28(27)34-2;1-31(24-15-20-14-21(17-24)18-25(31)16-20)37-30(33)28-19-35-32(36-28,23-9-4-3-5-10-23)27-13-12-22-8-6-7-11-26(22)29(27)34-2;1-33-28-25-10-6-5-7-23(25)11-12-26(28)31(24-8-3-2-4-9-24)34-19-27(35-31)29(32)36-30-16-20-13-21(17-30)15-22(14-20)18-30;1-25-23-20-10-6-5-7-17(20)11-12-21(23)24(19-8-3-2-4-9-19)27-16-22(28-24)18-13-14-26-15-18;;;;/h3-13,21-23H,14-20H2,1-2H3;3-13,20-21,24-25,28H,14-19H2,1-2H3;2-12,20-22,27H,13-19H2,1H3;2-12,18,22H,13-16H2,1H3;4*1H4. The second-order valence-corrected chi connectivity index (χ2v) is 42.4. The van der Waals surface area contributed by atoms with E-state index in [-0.39, 0.29) is 84.7 Å². The highest BCUT2D eigenvalue weighted by Gasteiger charge is 2.64. The van der Waals surface area contributed by atoms with Crippen LogP contribution in [0.25, 0.3) is 43.1 Å². The summed E-state index contributed by atoms with van der Waals surface area (Å²) in [5, 5.41) is 8.29. The van der Waals surface area contributed by atoms with Gasteiger partial charge < -0.3 is 75.8 Å². The Morgan fingerprint density at radius 2 is 0.620 bits per heavy atom. The molecule has 5 aliphatic heterocycles. The van der Waals surface area contributed by atoms with Gasteiger partial charge in [0.2, 0.25) is 23.1 Å². The number of carbonyl (C=O) groups is 3. The van der Waals surface area contributed by atoms with Crippen LogP contribution in [0.3, 0.4) is 0 Å². The zero-order valence-electron chi connectivity index (χ0n) is 79.7. The molecule has 19 nitrogen and oxygen atoms in total. The Bertz CT molecular complexity index is 6400. The summed E-state index contributed by atoms with van der Waals surface area (Å²) in [7, 11) is 6.70. The molecule has 9 atom stereocenters. The molecule has 12 saturated carbocycles. The lowest BCUT2D eigenvalue weighted by molar-refractivity contribution is -0.216. The van der Waals surface area contributed by atoms with Crippen molar-refractivity contribution in [1.29, 1.82) is 0 Å². The monoisotopic (exact) mass is 1920 g/mol. The molecule has 0 radical (unpaired) electrons. The fourth-order valence-electron chi connectivity index (χ4n) is 28.2. The maximum atomic E-state index is 13.9. The maximum Gasteiger partial charge on any atom is 0.341 e. The van der Waals surface area contributed by atoms with Gasteiger partial charge in [-0.05, 0) is 234 Å². The Balaban J connectivity index is 0.000000120. The molecule has 142 heavy (non-hydrogen) atoms. The Morgan fingerprint density at radius 1 is 0.310 bits per heavy atom. The molecule has 29 rings (SSSR count). The number of rotatable bonds is 19. The predicted octanol–water partition coefficient (Wildman–Crippen LogP) is 25.6. The van der Waals surface area contributed by atoms with E-state index in [0.29, 0.717) is 77.1 Å². The van der Waals surface area contributed by atoms with Crippen LogP contribution in [0.2, 0.25) is 0 Å². The summed E-state index contributed by atoms with van der Waals surface area (Å²) in [6.45, 7) is 6.41. The highest BCUT2D eigenvalue weighted by Crippen LogP contribution is 2.63. The van der Waals surface area contributed by atoms with Gasteiger partial charge in [-0.25, -0.2) is 14.4 Å². The van der Waals surface area contributed by atoms with Crippen LogP contribution in [0, 0.1) is 65.1 Å². The number of fused-ring (bicyclic) bond motifs is 4. The zero-order chi connectivity index (χ0) is 93.8. The van der Waals surface area contributed by atoms with Crippen molar-refractivity contribution in [3.05, 3.63) is 311 Å². The van der Waals surface area contributed by atoms with Crippen LogP contribution in [0.1, 0.15) is 204 Å². The summed E-state index contributed by atoms with van der Waals surface area (Å²) in [4.78, 5) is 41.2. The van der Waals surface area contributed by atoms with Gasteiger partial charge in [-0.3, -0.25) is 0 Å². The fourth-order valence-corrected chi connectivity index (χ4v) is 28.2. The van der Waals surface area contributed by atoms with Crippen molar-refractivity contribution in [2.24, 2.45) is 65.1 Å². The van der Waals surface area contributed by atoms with Crippen LogP contribution in [-0.2, 0) is 94.4 Å². The van der Waals surface area contributed by atoms with Crippen LogP contribution in [0.15, 0.2) is 267 Å². The van der Waals surface area contributed by atoms with Crippen LogP contribution < -0.4 is 18.9 Å². The number of ether oxygens (including phenoxy) is 16. The van der Waals surface area contributed by atoms with Crippen molar-refractivity contribution >= 4 is 61.0 Å². The van der Waals surface area contributed by atoms with Gasteiger partial charge in [-0.2, -0.15) is 0 Å². The van der Waals surface area contributed by atoms with E-state index < -0.39 is 46.6 Å². The fraction of sp³-hybridized carbons (Fsp3) is 0.455. The molecule has 12 aliphatic carbocycles. The molecule has 0 N–H and O–H groups in total. The first-order valence-electron chi connectivity index (χ1n) is 50.3. The molecule has 9 unspecified atom stereocenters. The van der Waals surface area contributed by atoms with E-state index in [9.17, 15) is 14.4 Å². The second-order valence-electron chi connectivity index (χ2n) is 42.4. The highest BCUT2D eigenvalue weighted by atomic mass is 16.8. The lowest BCUT2D eigenvalue weighted by Crippen LogP contribution is -2.58. The molecule has 0 spiro atoms. The van der Waals surface area contributed by atoms with Crippen LogP contribution in [-0.4, -0.2) is 127 Å². The molecule has 17 aliphatic rings. The summed E-state index contributed by atoms with van der Waals surface area (Å²) >= 11 is 0. The summed E-state index contributed by atoms with van der Waals surface area (Å²) in [6, 6.07) is 88.4. The van der Waals surface area contributed by atoms with E-state index in [2.05, 4.69) is 61.5 Å². The van der Waals surface area contributed by atoms with Crippen molar-refractivity contribution in [3.8, 4) is 23.0 Å². The van der Waals surface area contributed by atoms with Gasteiger partial charge in [-0.1, -0.05) is 272 Å². The number of carbonyl (C=O) groups excluding carboxylic acids is 3. The molecule has 0 amide bonds. The Kier molecular flexibility index (Phi) is 28.2. The maximum absolute atomic E-state index is 13.9. The van der Waals surface area contributed by atoms with Crippen LogP contribution in [0.5, 0.6) is 23.0 Å². The lowest BCUT2D eigenvalue weighted by atomic mass is 9.50. The highest BCUT2D eigenvalue weighted by molar-refractivity contribution is 5.94. The van der Waals surface area contributed by atoms with E-state index >= 15 is 0 Å². The minimum atomic E-state index is -1.30. The molecule has 12 aromatic rings. The number of esters is 3. The lowest BCUT2D eigenvalue weighted by Gasteiger charge is -2.59. The molecule has 12 bridgehead atoms. The molecule has 5 saturated heterocycles. The predicted molar refractivity (Wildman–Crippen MR) is 550 cm³/mol. The Labute approximate surface area is 836 Å². The van der Waals surface area contributed by atoms with Gasteiger partial charge in [0.15, 0.2) is 17.8 Å². The third kappa shape index (κ3) is 17.7. The van der Waals surface area contributed by atoms with Gasteiger partial charge in [-0.15, -0.1) is 0 Å². The normalized spacial score (nSPS) is 33.0. The number of hydrogen-bond acceptors (Lipinski definition) is 19. The van der Waals surface area contributed by atoms with Crippen LogP contribution >= 0.6 is 0 Å². The number of hydrogen-bond donors (Lipinski definition) is 0. The minimum Gasteiger partial charge on any atom is -0.496 e. The van der Waals surface area contributed by atoms with Gasteiger partial charge >= 0.3 is 17.9 Å². The molecule has 0 aromatic heterocycles. The summed E-state index contributed by atoms with van der Waals surface area (Å²) in [5.74, 6) is 4.19. The summed E-state index contributed by atoms with van der Waals surface area (Å²) < 4.78 is 101. The summed E-state index contributed by atoms with van der Waals surface area (Å²) in [6.07, 6.45) is 19.3. The zero-order valence-corrected chi connectivity index (χ0v) is 79.7. The molecule has 19 heteroatoms. The van der Waals surface area contributed by atoms with Crippen molar-refractivity contribution in [2.45, 2.75) is 223 Å². The van der Waals surface area contributed by atoms with Crippen molar-refractivity contribution in [1.82, 2.24) is 0 Å². The van der Waals surface area contributed by atoms with E-state index in [4.69, 9.17) is 75.8 Å². The van der Waals surface area contributed by atoms with E-state index in [0.717, 1.165) is 163 Å². The van der Waals surface area contributed by atoms with Gasteiger partial charge in [0.05, 0.1) is 89.8 Å². The Morgan fingerprint density at radius 3 is 0.972 bits per heavy atom. The molecule has 12 aromatic carbocycles. The molecule has 5 heterocycles. The first kappa shape index (κ1) is 99.7. The number of benzene rings is 12. The second kappa shape index (κ2) is 40.2. The van der Waals surface area contributed by atoms with Crippen molar-refractivity contribution in [2.75, 3.05) is 68.1 Å². The molecular formula is C123H140O19. The average molecular weight is 1920 g/mol. The van der Waals surface area contributed by atoms with Crippen molar-refractivity contribution in [3.63, 3.8) is 0 Å². The molecular weight excluding hydrogens is 1780 g/mol. The minimum absolute atomic E-state index is 0. The van der Waals surface area contributed by atoms with Gasteiger partial charge in [0.1, 0.15) is 39.8 Å². The molecule has 17 fully saturated rings. The SMILES string of the molecule is C.C.C.C.COc1c(C2(c3ccccc3)OCC(C(=O)OC3(C)C4CC5CC(C4)CC3C5)O2)ccc2ccccc12.COc1c(C2(c3ccccc3)OCC(C(=O)OC34CC5CC(CC(C5)C3)C4)O2)ccc2ccccc12.COc1c(C2(c3ccccc3)OCC(C)(C(=O)OC34CC5CC(CC(C5)C3)C4)O2)ccc2ccccc12.COc1c(C2(c3ccccc3)OCC(C3CCOC3)O2)ccc2ccccc12. The third-order valence-electron chi connectivity index (χ3n) is 33.7. The summed E-state index contributed by atoms with van der Waals surface area (Å²) in [5.41, 5.74) is 4.28. The first-order valence-corrected chi connectivity index (χ1v) is 50.3. The third-order valence-corrected chi connectivity index (χ3v) is 33.7. The topological polar surface area (TPSA) is 199 Å². The smallest absolute Gasteiger partial charge is 0.341 e.